The third-order valence-electron chi connectivity index (χ3n) is 9.11. The molecule has 2 N–H and O–H groups in total. The van der Waals surface area contributed by atoms with Gasteiger partial charge in [-0.1, -0.05) is 78.6 Å². The van der Waals surface area contributed by atoms with Crippen LogP contribution in [0.2, 0.25) is 0 Å². The summed E-state index contributed by atoms with van der Waals surface area (Å²) in [6.45, 7) is 14.4. The van der Waals surface area contributed by atoms with Gasteiger partial charge in [0.15, 0.2) is 0 Å². The van der Waals surface area contributed by atoms with Gasteiger partial charge in [-0.05, 0) is 56.2 Å². The molecule has 7 nitrogen and oxygen atoms in total. The minimum absolute atomic E-state index is 0. The van der Waals surface area contributed by atoms with Crippen LogP contribution >= 0.6 is 0 Å². The molecule has 0 aromatic carbocycles. The summed E-state index contributed by atoms with van der Waals surface area (Å²) >= 11 is 0. The summed E-state index contributed by atoms with van der Waals surface area (Å²) < 4.78 is 0. The number of carboxylic acid groups (broad SMARTS) is 1. The topological polar surface area (TPSA) is 114 Å². The van der Waals surface area contributed by atoms with Crippen molar-refractivity contribution in [1.29, 1.82) is 0 Å². The first-order valence-electron chi connectivity index (χ1n) is 14.0. The predicted octanol–water partition coefficient (Wildman–Crippen LogP) is 2.41. The second-order valence-corrected chi connectivity index (χ2v) is 11.3. The molecule has 5 heterocycles. The van der Waals surface area contributed by atoms with Crippen LogP contribution in [0.15, 0.2) is 12.3 Å². The summed E-state index contributed by atoms with van der Waals surface area (Å²) in [5.74, 6) is -0.521. The van der Waals surface area contributed by atoms with Crippen LogP contribution in [-0.4, -0.2) is 45.3 Å². The SMILES string of the molecule is C=Cc1c2[n-]c(c1C)/C=C1\[N-]C(C3=c4[n-]c(c(C)c4=C(O)C3)/C=c3\[n-]/c(c(C)c3CC)=C\2)[C@@H](CCC(=O)O)[C@@H]1C.[Mg+2]. The average molecular weight is 559 g/mol. The maximum Gasteiger partial charge on any atom is 2.00 e. The van der Waals surface area contributed by atoms with E-state index in [9.17, 15) is 15.0 Å². The molecule has 3 aliphatic rings. The van der Waals surface area contributed by atoms with E-state index in [0.717, 1.165) is 83.9 Å². The molecule has 0 amide bonds. The zero-order valence-corrected chi connectivity index (χ0v) is 25.8. The Morgan fingerprint density at radius 2 is 1.73 bits per heavy atom. The molecule has 0 radical (unpaired) electrons. The van der Waals surface area contributed by atoms with E-state index < -0.39 is 5.97 Å². The Kier molecular flexibility index (Phi) is 7.68. The number of nitrogens with zero attached hydrogens (tertiary/aromatic N) is 4. The third kappa shape index (κ3) is 4.61. The van der Waals surface area contributed by atoms with Crippen molar-refractivity contribution in [3.8, 4) is 0 Å². The molecule has 1 fully saturated rings. The van der Waals surface area contributed by atoms with Gasteiger partial charge in [0.25, 0.3) is 0 Å². The van der Waals surface area contributed by atoms with Crippen LogP contribution in [0.3, 0.4) is 0 Å². The normalized spacial score (nSPS) is 23.5. The van der Waals surface area contributed by atoms with Crippen LogP contribution in [-0.2, 0) is 11.2 Å². The monoisotopic (exact) mass is 558 g/mol. The van der Waals surface area contributed by atoms with Gasteiger partial charge in [-0.15, -0.1) is 33.1 Å². The van der Waals surface area contributed by atoms with Crippen LogP contribution in [0.25, 0.3) is 41.0 Å². The molecule has 3 atom stereocenters. The summed E-state index contributed by atoms with van der Waals surface area (Å²) in [5, 5.41) is 29.1. The van der Waals surface area contributed by atoms with Gasteiger partial charge in [-0.3, -0.25) is 4.79 Å². The summed E-state index contributed by atoms with van der Waals surface area (Å²) in [7, 11) is 0. The number of aliphatic hydroxyl groups is 1. The predicted molar refractivity (Wildman–Crippen MR) is 163 cm³/mol. The largest absolute Gasteiger partial charge is 2.00 e. The van der Waals surface area contributed by atoms with Crippen molar-refractivity contribution < 1.29 is 15.0 Å². The van der Waals surface area contributed by atoms with Crippen molar-refractivity contribution in [2.75, 3.05) is 0 Å². The van der Waals surface area contributed by atoms with E-state index in [1.165, 1.54) is 0 Å². The number of allylic oxidation sites excluding steroid dienone is 1. The Morgan fingerprint density at radius 3 is 2.41 bits per heavy atom. The van der Waals surface area contributed by atoms with E-state index in [0.29, 0.717) is 18.6 Å². The smallest absolute Gasteiger partial charge is 0.681 e. The molecule has 3 aromatic rings. The first-order chi connectivity index (χ1) is 19.1. The van der Waals surface area contributed by atoms with Gasteiger partial charge < -0.3 is 30.5 Å². The number of aliphatic hydroxyl groups excluding tert-OH is 1. The number of rotatable bonds is 5. The summed E-state index contributed by atoms with van der Waals surface area (Å²) in [6.07, 6.45) is 9.71. The molecule has 1 saturated heterocycles. The minimum atomic E-state index is -0.819. The zero-order valence-electron chi connectivity index (χ0n) is 24.4. The summed E-state index contributed by atoms with van der Waals surface area (Å²) in [6, 6.07) is -0.267. The van der Waals surface area contributed by atoms with Crippen molar-refractivity contribution in [2.24, 2.45) is 11.8 Å². The van der Waals surface area contributed by atoms with E-state index >= 15 is 0 Å². The van der Waals surface area contributed by atoms with Crippen LogP contribution in [0.1, 0.15) is 78.0 Å². The number of aromatic nitrogens is 3. The molecule has 208 valence electrons. The van der Waals surface area contributed by atoms with Crippen LogP contribution in [0.5, 0.6) is 0 Å². The van der Waals surface area contributed by atoms with Crippen molar-refractivity contribution in [1.82, 2.24) is 15.0 Å². The van der Waals surface area contributed by atoms with Gasteiger partial charge in [0.1, 0.15) is 5.76 Å². The first kappa shape index (κ1) is 29.1. The number of hydrogen-bond donors (Lipinski definition) is 2. The Labute approximate surface area is 255 Å². The molecule has 3 aromatic heterocycles. The maximum atomic E-state index is 11.6. The molecule has 0 saturated carbocycles. The number of fused-ring (bicyclic) bond motifs is 8. The van der Waals surface area contributed by atoms with Crippen LogP contribution in [0.4, 0.5) is 0 Å². The maximum absolute atomic E-state index is 11.6. The van der Waals surface area contributed by atoms with Gasteiger partial charge >= 0.3 is 29.0 Å². The zero-order chi connectivity index (χ0) is 28.5. The van der Waals surface area contributed by atoms with Gasteiger partial charge in [-0.2, -0.15) is 5.70 Å². The second-order valence-electron chi connectivity index (χ2n) is 11.3. The fourth-order valence-corrected chi connectivity index (χ4v) is 6.80. The molecule has 8 bridgehead atoms. The third-order valence-corrected chi connectivity index (χ3v) is 9.11. The number of hydrogen-bond acceptors (Lipinski definition) is 2. The van der Waals surface area contributed by atoms with E-state index in [1.54, 1.807) is 0 Å². The Balaban J connectivity index is 0.00000337. The molecule has 1 unspecified atom stereocenters. The fourth-order valence-electron chi connectivity index (χ4n) is 6.80. The van der Waals surface area contributed by atoms with Gasteiger partial charge in [0.05, 0.1) is 0 Å². The molecule has 0 spiro atoms. The van der Waals surface area contributed by atoms with Crippen molar-refractivity contribution in [3.63, 3.8) is 0 Å². The molecule has 8 heteroatoms. The van der Waals surface area contributed by atoms with E-state index in [1.807, 2.05) is 38.2 Å². The van der Waals surface area contributed by atoms with Crippen LogP contribution in [0, 0.1) is 32.6 Å². The van der Waals surface area contributed by atoms with Crippen molar-refractivity contribution in [2.45, 2.75) is 66.3 Å². The van der Waals surface area contributed by atoms with E-state index in [4.69, 9.17) is 20.3 Å². The molecule has 2 aliphatic heterocycles. The summed E-state index contributed by atoms with van der Waals surface area (Å²) in [5.41, 5.74) is 9.51. The molecule has 6 rings (SSSR count). The van der Waals surface area contributed by atoms with Crippen LogP contribution < -0.4 is 36.2 Å². The number of carboxylic acids is 1. The first-order valence-corrected chi connectivity index (χ1v) is 14.0. The average Bonchev–Trinajstić information content (AvgIpc) is 3.65. The Morgan fingerprint density at radius 1 is 1.02 bits per heavy atom. The Bertz CT molecular complexity index is 1870. The van der Waals surface area contributed by atoms with E-state index in [2.05, 4.69) is 27.4 Å². The fraction of sp³-hybridized carbons (Fsp3) is 0.364. The van der Waals surface area contributed by atoms with Crippen molar-refractivity contribution in [3.05, 3.63) is 83.8 Å². The summed E-state index contributed by atoms with van der Waals surface area (Å²) in [4.78, 5) is 26.7. The van der Waals surface area contributed by atoms with Gasteiger partial charge in [0.2, 0.25) is 0 Å². The standard InChI is InChI=1S/C33H34N4O3.Mg/c1-7-19-15(3)23-12-25-17(5)21(9-10-30(39)40)32(36-25)22-11-29(38)31-18(6)26(37-33(22)31)14-28-20(8-2)16(4)24(35-28)13-27(19)34-23;/h7,12-14,17,21,32,38H,1,8-11H2,2-6H3,(H,39,40);/q-4;+2/b24-13-,25-12-,28-14-;/t17-,21-,32?;/m0./s1. The number of carbonyl (C=O) groups is 1. The Hall–Kier alpha value is -3.36. The number of aliphatic carboxylic acids is 1. The van der Waals surface area contributed by atoms with Crippen molar-refractivity contribution >= 4 is 64.7 Å². The molecular formula is C33H34MgN4O3-2. The quantitative estimate of drug-likeness (QED) is 0.465. The molecule has 41 heavy (non-hydrogen) atoms. The molecule has 1 aliphatic carbocycles. The minimum Gasteiger partial charge on any atom is -0.681 e. The van der Waals surface area contributed by atoms with Gasteiger partial charge in [0, 0.05) is 12.8 Å². The van der Waals surface area contributed by atoms with E-state index in [-0.39, 0.29) is 47.4 Å². The van der Waals surface area contributed by atoms with Gasteiger partial charge in [-0.25, -0.2) is 0 Å². The second kappa shape index (κ2) is 10.8. The molecular weight excluding hydrogens is 525 g/mol.